The Morgan fingerprint density at radius 2 is 2.27 bits per heavy atom. The van der Waals surface area contributed by atoms with Crippen molar-refractivity contribution < 1.29 is 5.11 Å². The van der Waals surface area contributed by atoms with Gasteiger partial charge in [0.25, 0.3) is 0 Å². The molecule has 2 N–H and O–H groups in total. The van der Waals surface area contributed by atoms with Crippen LogP contribution in [0.5, 0.6) is 0 Å². The molecule has 0 spiro atoms. The normalized spacial score (nSPS) is 14.1. The summed E-state index contributed by atoms with van der Waals surface area (Å²) in [5.74, 6) is 0. The van der Waals surface area contributed by atoms with Gasteiger partial charge in [-0.2, -0.15) is 0 Å². The second kappa shape index (κ2) is 5.64. The van der Waals surface area contributed by atoms with E-state index < -0.39 is 0 Å². The van der Waals surface area contributed by atoms with Crippen LogP contribution in [0.2, 0.25) is 0 Å². The molecule has 1 rings (SSSR count). The van der Waals surface area contributed by atoms with Crippen molar-refractivity contribution in [1.29, 1.82) is 0 Å². The number of aliphatic hydroxyl groups is 1. The van der Waals surface area contributed by atoms with Gasteiger partial charge in [0.15, 0.2) is 0 Å². The van der Waals surface area contributed by atoms with Crippen LogP contribution in [0.15, 0.2) is 17.5 Å². The van der Waals surface area contributed by atoms with Crippen molar-refractivity contribution in [3.8, 4) is 0 Å². The Hall–Kier alpha value is -0.380. The Balaban J connectivity index is 2.31. The first kappa shape index (κ1) is 12.7. The lowest BCUT2D eigenvalue weighted by molar-refractivity contribution is 0.183. The second-order valence-corrected chi connectivity index (χ2v) is 5.62. The minimum Gasteiger partial charge on any atom is -0.393 e. The molecule has 1 unspecified atom stereocenters. The summed E-state index contributed by atoms with van der Waals surface area (Å²) in [6, 6.07) is 4.28. The second-order valence-electron chi connectivity index (χ2n) is 4.68. The van der Waals surface area contributed by atoms with Crippen LogP contribution in [-0.2, 0) is 5.41 Å². The Bertz CT molecular complexity index is 267. The van der Waals surface area contributed by atoms with E-state index in [-0.39, 0.29) is 11.5 Å². The lowest BCUT2D eigenvalue weighted by Gasteiger charge is -2.23. The minimum atomic E-state index is -0.206. The average Bonchev–Trinajstić information content (AvgIpc) is 2.65. The molecule has 0 aliphatic carbocycles. The summed E-state index contributed by atoms with van der Waals surface area (Å²) < 4.78 is 0. The van der Waals surface area contributed by atoms with Crippen molar-refractivity contribution in [3.63, 3.8) is 0 Å². The van der Waals surface area contributed by atoms with Gasteiger partial charge in [-0.3, -0.25) is 0 Å². The van der Waals surface area contributed by atoms with Crippen molar-refractivity contribution in [3.05, 3.63) is 22.4 Å². The fourth-order valence-corrected chi connectivity index (χ4v) is 2.31. The third-order valence-electron chi connectivity index (χ3n) is 2.49. The van der Waals surface area contributed by atoms with Crippen molar-refractivity contribution in [2.24, 2.45) is 0 Å². The molecule has 1 heterocycles. The smallest absolute Gasteiger partial charge is 0.0524 e. The average molecular weight is 227 g/mol. The third-order valence-corrected chi connectivity index (χ3v) is 3.73. The van der Waals surface area contributed by atoms with Gasteiger partial charge in [-0.05, 0) is 31.3 Å². The van der Waals surface area contributed by atoms with Gasteiger partial charge in [0, 0.05) is 16.8 Å². The fourth-order valence-electron chi connectivity index (χ4n) is 1.46. The van der Waals surface area contributed by atoms with E-state index in [2.05, 4.69) is 36.7 Å². The highest BCUT2D eigenvalue weighted by molar-refractivity contribution is 7.10. The first-order valence-corrected chi connectivity index (χ1v) is 6.33. The highest BCUT2D eigenvalue weighted by Crippen LogP contribution is 2.26. The predicted octanol–water partition coefficient (Wildman–Crippen LogP) is 2.39. The molecule has 0 aromatic carbocycles. The molecule has 3 heteroatoms. The van der Waals surface area contributed by atoms with E-state index in [9.17, 15) is 0 Å². The van der Waals surface area contributed by atoms with Gasteiger partial charge in [-0.1, -0.05) is 19.9 Å². The van der Waals surface area contributed by atoms with E-state index in [1.807, 2.05) is 6.92 Å². The van der Waals surface area contributed by atoms with E-state index >= 15 is 0 Å². The van der Waals surface area contributed by atoms with Crippen LogP contribution in [0.4, 0.5) is 0 Å². The molecule has 0 aliphatic heterocycles. The molecule has 86 valence electrons. The molecule has 15 heavy (non-hydrogen) atoms. The highest BCUT2D eigenvalue weighted by Gasteiger charge is 2.20. The summed E-state index contributed by atoms with van der Waals surface area (Å²) >= 11 is 1.80. The minimum absolute atomic E-state index is 0.187. The number of hydrogen-bond acceptors (Lipinski definition) is 3. The predicted molar refractivity (Wildman–Crippen MR) is 66.5 cm³/mol. The molecule has 0 amide bonds. The fraction of sp³-hybridized carbons (Fsp3) is 0.667. The monoisotopic (exact) mass is 227 g/mol. The largest absolute Gasteiger partial charge is 0.393 e. The molecule has 0 saturated heterocycles. The Labute approximate surface area is 96.3 Å². The van der Waals surface area contributed by atoms with Crippen LogP contribution < -0.4 is 5.32 Å². The number of thiophene rings is 1. The Morgan fingerprint density at radius 3 is 2.80 bits per heavy atom. The first-order valence-electron chi connectivity index (χ1n) is 5.45. The van der Waals surface area contributed by atoms with Crippen molar-refractivity contribution in [2.45, 2.75) is 38.7 Å². The van der Waals surface area contributed by atoms with Crippen LogP contribution in [-0.4, -0.2) is 24.3 Å². The van der Waals surface area contributed by atoms with E-state index in [1.54, 1.807) is 11.3 Å². The van der Waals surface area contributed by atoms with Crippen molar-refractivity contribution >= 4 is 11.3 Å². The Kier molecular flexibility index (Phi) is 4.77. The van der Waals surface area contributed by atoms with Crippen LogP contribution in [0.3, 0.4) is 0 Å². The zero-order valence-electron chi connectivity index (χ0n) is 9.79. The molecule has 0 saturated carbocycles. The van der Waals surface area contributed by atoms with E-state index in [4.69, 9.17) is 5.11 Å². The molecule has 2 nitrogen and oxygen atoms in total. The van der Waals surface area contributed by atoms with Gasteiger partial charge >= 0.3 is 0 Å². The quantitative estimate of drug-likeness (QED) is 0.731. The lowest BCUT2D eigenvalue weighted by atomic mass is 9.91. The highest BCUT2D eigenvalue weighted by atomic mass is 32.1. The molecule has 0 aliphatic rings. The molecule has 1 aromatic rings. The maximum Gasteiger partial charge on any atom is 0.0524 e. The van der Waals surface area contributed by atoms with Crippen molar-refractivity contribution in [2.75, 3.05) is 13.1 Å². The maximum absolute atomic E-state index is 9.13. The Morgan fingerprint density at radius 1 is 1.53 bits per heavy atom. The van der Waals surface area contributed by atoms with E-state index in [1.165, 1.54) is 4.88 Å². The molecule has 0 bridgehead atoms. The van der Waals surface area contributed by atoms with Crippen molar-refractivity contribution in [1.82, 2.24) is 5.32 Å². The molecule has 1 atom stereocenters. The summed E-state index contributed by atoms with van der Waals surface area (Å²) in [7, 11) is 0. The molecule has 1 aromatic heterocycles. The molecule has 0 radical (unpaired) electrons. The van der Waals surface area contributed by atoms with Gasteiger partial charge in [-0.15, -0.1) is 11.3 Å². The molecule has 0 fully saturated rings. The van der Waals surface area contributed by atoms with E-state index in [0.717, 1.165) is 19.5 Å². The topological polar surface area (TPSA) is 32.3 Å². The van der Waals surface area contributed by atoms with Crippen LogP contribution in [0.1, 0.15) is 32.1 Å². The first-order chi connectivity index (χ1) is 7.02. The number of hydrogen-bond donors (Lipinski definition) is 2. The summed E-state index contributed by atoms with van der Waals surface area (Å²) in [5, 5.41) is 14.6. The van der Waals surface area contributed by atoms with Gasteiger partial charge in [0.1, 0.15) is 0 Å². The van der Waals surface area contributed by atoms with Gasteiger partial charge in [0.05, 0.1) is 6.10 Å². The van der Waals surface area contributed by atoms with Gasteiger partial charge < -0.3 is 10.4 Å². The van der Waals surface area contributed by atoms with Crippen LogP contribution >= 0.6 is 11.3 Å². The zero-order valence-corrected chi connectivity index (χ0v) is 10.6. The van der Waals surface area contributed by atoms with Crippen LogP contribution in [0.25, 0.3) is 0 Å². The lowest BCUT2D eigenvalue weighted by Crippen LogP contribution is -2.33. The third kappa shape index (κ3) is 4.33. The summed E-state index contributed by atoms with van der Waals surface area (Å²) in [6.07, 6.45) is 0.614. The number of nitrogens with one attached hydrogen (secondary N) is 1. The zero-order chi connectivity index (χ0) is 11.3. The summed E-state index contributed by atoms with van der Waals surface area (Å²) in [4.78, 5) is 1.41. The van der Waals surface area contributed by atoms with Gasteiger partial charge in [-0.25, -0.2) is 0 Å². The van der Waals surface area contributed by atoms with E-state index in [0.29, 0.717) is 0 Å². The number of aliphatic hydroxyl groups excluding tert-OH is 1. The van der Waals surface area contributed by atoms with Gasteiger partial charge in [0.2, 0.25) is 0 Å². The molecular weight excluding hydrogens is 206 g/mol. The summed E-state index contributed by atoms with van der Waals surface area (Å²) in [6.45, 7) is 8.15. The number of rotatable bonds is 6. The summed E-state index contributed by atoms with van der Waals surface area (Å²) in [5.41, 5.74) is 0.187. The van der Waals surface area contributed by atoms with Crippen LogP contribution in [0, 0.1) is 0 Å². The maximum atomic E-state index is 9.13. The molecular formula is C12H21NOS. The SMILES string of the molecule is CC(O)CCNCC(C)(C)c1cccs1. The standard InChI is InChI=1S/C12H21NOS/c1-10(14)6-7-13-9-12(2,3)11-5-4-8-15-11/h4-5,8,10,13-14H,6-7,9H2,1-3H3.